The van der Waals surface area contributed by atoms with Gasteiger partial charge in [0.25, 0.3) is 0 Å². The van der Waals surface area contributed by atoms with E-state index >= 15 is 0 Å². The summed E-state index contributed by atoms with van der Waals surface area (Å²) in [5, 5.41) is 0.856. The molecule has 0 aromatic heterocycles. The minimum Gasteiger partial charge on any atom is -0.434 e. The molecule has 0 N–H and O–H groups in total. The van der Waals surface area contributed by atoms with Gasteiger partial charge in [-0.25, -0.2) is 0 Å². The van der Waals surface area contributed by atoms with Gasteiger partial charge in [-0.3, -0.25) is 0 Å². The molecule has 15 heavy (non-hydrogen) atoms. The van der Waals surface area contributed by atoms with Crippen LogP contribution in [0.1, 0.15) is 17.5 Å². The fraction of sp³-hybridized carbons (Fsp3) is 0.455. The Balaban J connectivity index is 2.87. The molecule has 1 nitrogen and oxygen atoms in total. The molecule has 0 bridgehead atoms. The Labute approximate surface area is 96.6 Å². The third kappa shape index (κ3) is 3.78. The minimum atomic E-state index is -2.76. The lowest BCUT2D eigenvalue weighted by Gasteiger charge is -2.12. The fourth-order valence-electron chi connectivity index (χ4n) is 1.43. The van der Waals surface area contributed by atoms with Crippen LogP contribution in [0.5, 0.6) is 5.75 Å². The smallest absolute Gasteiger partial charge is 0.387 e. The number of alkyl halides is 3. The van der Waals surface area contributed by atoms with Crippen molar-refractivity contribution in [2.75, 3.05) is 5.33 Å². The molecule has 1 aromatic carbocycles. The molecule has 0 unspecified atom stereocenters. The van der Waals surface area contributed by atoms with E-state index in [0.717, 1.165) is 29.3 Å². The first-order valence-corrected chi connectivity index (χ1v) is 5.86. The van der Waals surface area contributed by atoms with Gasteiger partial charge in [0.2, 0.25) is 0 Å². The van der Waals surface area contributed by atoms with Crippen molar-refractivity contribution in [3.8, 4) is 5.75 Å². The molecule has 0 aliphatic carbocycles. The fourth-order valence-corrected chi connectivity index (χ4v) is 1.71. The molecule has 4 heteroatoms. The number of hydrogen-bond donors (Lipinski definition) is 0. The first-order chi connectivity index (χ1) is 7.15. The summed E-state index contributed by atoms with van der Waals surface area (Å²) in [6, 6.07) is 5.46. The van der Waals surface area contributed by atoms with Crippen molar-refractivity contribution in [2.24, 2.45) is 0 Å². The summed E-state index contributed by atoms with van der Waals surface area (Å²) in [6.45, 7) is -0.983. The lowest BCUT2D eigenvalue weighted by atomic mass is 10.1. The van der Waals surface area contributed by atoms with E-state index in [9.17, 15) is 8.78 Å². The second-order valence-electron chi connectivity index (χ2n) is 3.23. The highest BCUT2D eigenvalue weighted by molar-refractivity contribution is 9.09. The number of halogens is 3. The number of hydrogen-bond acceptors (Lipinski definition) is 1. The van der Waals surface area contributed by atoms with E-state index < -0.39 is 6.61 Å². The molecule has 0 radical (unpaired) electrons. The van der Waals surface area contributed by atoms with E-state index in [4.69, 9.17) is 0 Å². The predicted molar refractivity (Wildman–Crippen MR) is 59.9 cm³/mol. The summed E-state index contributed by atoms with van der Waals surface area (Å²) in [5.74, 6) is 0.327. The highest BCUT2D eigenvalue weighted by atomic mass is 79.9. The van der Waals surface area contributed by atoms with Crippen LogP contribution in [-0.4, -0.2) is 11.9 Å². The molecule has 1 aromatic rings. The van der Waals surface area contributed by atoms with Crippen molar-refractivity contribution in [1.29, 1.82) is 0 Å². The quantitative estimate of drug-likeness (QED) is 0.742. The van der Waals surface area contributed by atoms with E-state index in [1.54, 1.807) is 13.0 Å². The maximum atomic E-state index is 12.2. The molecule has 84 valence electrons. The lowest BCUT2D eigenvalue weighted by molar-refractivity contribution is -0.0509. The molecule has 0 aliphatic heterocycles. The zero-order valence-electron chi connectivity index (χ0n) is 8.47. The van der Waals surface area contributed by atoms with Crippen LogP contribution in [0, 0.1) is 6.92 Å². The maximum Gasteiger partial charge on any atom is 0.387 e. The molecule has 1 rings (SSSR count). The molecule has 0 saturated carbocycles. The number of ether oxygens (including phenoxy) is 1. The van der Waals surface area contributed by atoms with Crippen LogP contribution in [0.25, 0.3) is 0 Å². The highest BCUT2D eigenvalue weighted by Gasteiger charge is 2.11. The summed E-state index contributed by atoms with van der Waals surface area (Å²) in [5.41, 5.74) is 1.59. The third-order valence-corrected chi connectivity index (χ3v) is 2.64. The van der Waals surface area contributed by atoms with Crippen LogP contribution in [0.3, 0.4) is 0 Å². The second kappa shape index (κ2) is 6.05. The van der Waals surface area contributed by atoms with E-state index in [-0.39, 0.29) is 0 Å². The standard InChI is InChI=1S/C11H13BrF2O/c1-8-4-2-5-9(6-3-7-12)10(8)15-11(13)14/h2,4-5,11H,3,6-7H2,1H3. The van der Waals surface area contributed by atoms with Crippen LogP contribution in [-0.2, 0) is 6.42 Å². The molecule has 0 heterocycles. The summed E-state index contributed by atoms with van der Waals surface area (Å²) in [6.07, 6.45) is 1.65. The van der Waals surface area contributed by atoms with Crippen LogP contribution < -0.4 is 4.74 Å². The first kappa shape index (κ1) is 12.4. The number of benzene rings is 1. The van der Waals surface area contributed by atoms with Gasteiger partial charge in [0.1, 0.15) is 5.75 Å². The van der Waals surface area contributed by atoms with Gasteiger partial charge >= 0.3 is 6.61 Å². The molecular weight excluding hydrogens is 266 g/mol. The molecule has 0 fully saturated rings. The number of para-hydroxylation sites is 1. The van der Waals surface area contributed by atoms with Crippen molar-refractivity contribution in [1.82, 2.24) is 0 Å². The van der Waals surface area contributed by atoms with Gasteiger partial charge in [-0.2, -0.15) is 8.78 Å². The predicted octanol–water partition coefficient (Wildman–Crippen LogP) is 3.92. The SMILES string of the molecule is Cc1cccc(CCCBr)c1OC(F)F. The Hall–Kier alpha value is -0.640. The van der Waals surface area contributed by atoms with Crippen molar-refractivity contribution in [3.63, 3.8) is 0 Å². The number of aryl methyl sites for hydroxylation is 2. The Morgan fingerprint density at radius 3 is 2.73 bits per heavy atom. The van der Waals surface area contributed by atoms with Crippen LogP contribution in [0.2, 0.25) is 0 Å². The maximum absolute atomic E-state index is 12.2. The molecule has 0 atom stereocenters. The summed E-state index contributed by atoms with van der Waals surface area (Å²) in [4.78, 5) is 0. The van der Waals surface area contributed by atoms with E-state index in [0.29, 0.717) is 5.75 Å². The minimum absolute atomic E-state index is 0.327. The van der Waals surface area contributed by atoms with E-state index in [2.05, 4.69) is 20.7 Å². The monoisotopic (exact) mass is 278 g/mol. The van der Waals surface area contributed by atoms with Gasteiger partial charge in [0, 0.05) is 5.33 Å². The zero-order valence-corrected chi connectivity index (χ0v) is 10.1. The van der Waals surface area contributed by atoms with Gasteiger partial charge in [-0.15, -0.1) is 0 Å². The average molecular weight is 279 g/mol. The highest BCUT2D eigenvalue weighted by Crippen LogP contribution is 2.26. The van der Waals surface area contributed by atoms with Crippen molar-refractivity contribution >= 4 is 15.9 Å². The lowest BCUT2D eigenvalue weighted by Crippen LogP contribution is -2.06. The molecule has 0 spiro atoms. The molecule has 0 saturated heterocycles. The second-order valence-corrected chi connectivity index (χ2v) is 4.03. The van der Waals surface area contributed by atoms with Crippen LogP contribution in [0.15, 0.2) is 18.2 Å². The molecule has 0 amide bonds. The van der Waals surface area contributed by atoms with Crippen LogP contribution in [0.4, 0.5) is 8.78 Å². The Kier molecular flexibility index (Phi) is 5.02. The van der Waals surface area contributed by atoms with Gasteiger partial charge in [0.05, 0.1) is 0 Å². The largest absolute Gasteiger partial charge is 0.434 e. The first-order valence-electron chi connectivity index (χ1n) is 4.74. The van der Waals surface area contributed by atoms with E-state index in [1.165, 1.54) is 0 Å². The summed E-state index contributed by atoms with van der Waals surface area (Å²) >= 11 is 3.31. The topological polar surface area (TPSA) is 9.23 Å². The van der Waals surface area contributed by atoms with Crippen molar-refractivity contribution in [2.45, 2.75) is 26.4 Å². The Morgan fingerprint density at radius 2 is 2.13 bits per heavy atom. The van der Waals surface area contributed by atoms with Crippen LogP contribution >= 0.6 is 15.9 Å². The normalized spacial score (nSPS) is 10.7. The van der Waals surface area contributed by atoms with E-state index in [1.807, 2.05) is 12.1 Å². The van der Waals surface area contributed by atoms with Crippen molar-refractivity contribution < 1.29 is 13.5 Å². The van der Waals surface area contributed by atoms with Gasteiger partial charge in [0.15, 0.2) is 0 Å². The number of rotatable bonds is 5. The zero-order chi connectivity index (χ0) is 11.3. The van der Waals surface area contributed by atoms with Gasteiger partial charge in [-0.1, -0.05) is 34.1 Å². The van der Waals surface area contributed by atoms with Crippen molar-refractivity contribution in [3.05, 3.63) is 29.3 Å². The van der Waals surface area contributed by atoms with Gasteiger partial charge < -0.3 is 4.74 Å². The Morgan fingerprint density at radius 1 is 1.40 bits per heavy atom. The molecule has 0 aliphatic rings. The van der Waals surface area contributed by atoms with Gasteiger partial charge in [-0.05, 0) is 30.9 Å². The average Bonchev–Trinajstić information content (AvgIpc) is 2.18. The Bertz CT molecular complexity index is 315. The summed E-state index contributed by atoms with van der Waals surface area (Å²) in [7, 11) is 0. The summed E-state index contributed by atoms with van der Waals surface area (Å²) < 4.78 is 28.9. The third-order valence-electron chi connectivity index (χ3n) is 2.08. The molecular formula is C11H13BrF2O.